The summed E-state index contributed by atoms with van der Waals surface area (Å²) in [5.74, 6) is -0.664. The minimum atomic E-state index is -0.664. The summed E-state index contributed by atoms with van der Waals surface area (Å²) in [6.07, 6.45) is 26.6. The Morgan fingerprint density at radius 3 is 1.27 bits per heavy atom. The van der Waals surface area contributed by atoms with Crippen molar-refractivity contribution >= 4 is 5.97 Å². The van der Waals surface area contributed by atoms with Gasteiger partial charge >= 0.3 is 5.97 Å². The molecule has 3 heteroatoms. The van der Waals surface area contributed by atoms with Crippen LogP contribution in [0.25, 0.3) is 0 Å². The van der Waals surface area contributed by atoms with Crippen LogP contribution >= 0.6 is 0 Å². The van der Waals surface area contributed by atoms with Gasteiger partial charge in [0, 0.05) is 6.42 Å². The largest absolute Gasteiger partial charge is 0.481 e. The fraction of sp³-hybridized carbons (Fsp3) is 0.900. The Bertz CT molecular complexity index is 390. The average molecular weight is 469 g/mol. The number of carboxylic acid groups (broad SMARTS) is 1. The average Bonchev–Trinajstić information content (AvgIpc) is 2.77. The van der Waals surface area contributed by atoms with Gasteiger partial charge in [0.1, 0.15) is 0 Å². The summed E-state index contributed by atoms with van der Waals surface area (Å²) in [7, 11) is 0. The van der Waals surface area contributed by atoms with E-state index in [1.807, 2.05) is 0 Å². The molecule has 0 aromatic heterocycles. The fourth-order valence-electron chi connectivity index (χ4n) is 4.92. The maximum atomic E-state index is 10.3. The molecule has 0 heterocycles. The van der Waals surface area contributed by atoms with Crippen molar-refractivity contribution in [2.45, 2.75) is 150 Å². The van der Waals surface area contributed by atoms with E-state index in [0.717, 1.165) is 12.8 Å². The predicted molar refractivity (Wildman–Crippen MR) is 148 cm³/mol. The Morgan fingerprint density at radius 1 is 0.545 bits per heavy atom. The normalized spacial score (nSPS) is 11.5. The van der Waals surface area contributed by atoms with Gasteiger partial charge in [0.25, 0.3) is 0 Å². The molecule has 0 aliphatic carbocycles. The molecule has 1 N–H and O–H groups in total. The Kier molecular flexibility index (Phi) is 28.5. The van der Waals surface area contributed by atoms with E-state index in [2.05, 4.69) is 46.8 Å². The minimum Gasteiger partial charge on any atom is -0.481 e. The van der Waals surface area contributed by atoms with Gasteiger partial charge in [-0.25, -0.2) is 0 Å². The van der Waals surface area contributed by atoms with Gasteiger partial charge in [-0.2, -0.15) is 0 Å². The van der Waals surface area contributed by atoms with Crippen molar-refractivity contribution < 1.29 is 14.4 Å². The van der Waals surface area contributed by atoms with Crippen molar-refractivity contribution in [1.29, 1.82) is 0 Å². The Morgan fingerprint density at radius 2 is 0.909 bits per heavy atom. The van der Waals surface area contributed by atoms with Crippen LogP contribution in [0.2, 0.25) is 0 Å². The van der Waals surface area contributed by atoms with E-state index in [1.165, 1.54) is 127 Å². The van der Waals surface area contributed by atoms with Crippen LogP contribution in [0.3, 0.4) is 0 Å². The molecule has 3 nitrogen and oxygen atoms in total. The molecule has 0 amide bonds. The summed E-state index contributed by atoms with van der Waals surface area (Å²) in [5.41, 5.74) is 0. The van der Waals surface area contributed by atoms with Crippen LogP contribution in [0.15, 0.2) is 12.2 Å². The van der Waals surface area contributed by atoms with Crippen molar-refractivity contribution in [3.63, 3.8) is 0 Å². The molecule has 0 fully saturated rings. The zero-order chi connectivity index (χ0) is 25.0. The smallest absolute Gasteiger partial charge is 0.303 e. The standard InChI is InChI=1S/C18H34O2.C12H28N/c1-2-3-4-5-6-7-8-9-10-11-12-13-14-15-16-17-18(19)20;1-5-9-13(10-6-2,11-7-3)12-8-4/h9-10H,2-8,11-17H2,1H3,(H,19,20);5-12H2,1-4H3/q;+1/b10-9-;. The number of nitrogens with zero attached hydrogens (tertiary/aromatic N) is 1. The van der Waals surface area contributed by atoms with Crippen LogP contribution in [0.5, 0.6) is 0 Å². The monoisotopic (exact) mass is 468 g/mol. The highest BCUT2D eigenvalue weighted by Crippen LogP contribution is 2.13. The Balaban J connectivity index is 0. The number of carbonyl (C=O) groups is 1. The first-order chi connectivity index (χ1) is 16.0. The van der Waals surface area contributed by atoms with Crippen LogP contribution in [0.1, 0.15) is 150 Å². The van der Waals surface area contributed by atoms with Crippen LogP contribution in [-0.2, 0) is 4.79 Å². The number of rotatable bonds is 23. The van der Waals surface area contributed by atoms with Crippen LogP contribution in [0, 0.1) is 0 Å². The van der Waals surface area contributed by atoms with Gasteiger partial charge in [0.2, 0.25) is 0 Å². The zero-order valence-electron chi connectivity index (χ0n) is 23.5. The number of unbranched alkanes of at least 4 members (excludes halogenated alkanes) is 11. The first-order valence-corrected chi connectivity index (χ1v) is 14.7. The topological polar surface area (TPSA) is 37.3 Å². The minimum absolute atomic E-state index is 0.332. The van der Waals surface area contributed by atoms with E-state index < -0.39 is 5.97 Å². The summed E-state index contributed by atoms with van der Waals surface area (Å²) >= 11 is 0. The predicted octanol–water partition coefficient (Wildman–Crippen LogP) is 9.55. The van der Waals surface area contributed by atoms with Gasteiger partial charge in [-0.1, -0.05) is 98.1 Å². The van der Waals surface area contributed by atoms with Gasteiger partial charge in [-0.3, -0.25) is 4.79 Å². The molecule has 0 atom stereocenters. The second-order valence-corrected chi connectivity index (χ2v) is 9.96. The number of carboxylic acids is 1. The molecule has 0 aromatic carbocycles. The summed E-state index contributed by atoms with van der Waals surface area (Å²) in [6, 6.07) is 0. The lowest BCUT2D eigenvalue weighted by atomic mass is 10.1. The van der Waals surface area contributed by atoms with Gasteiger partial charge in [0.05, 0.1) is 26.2 Å². The number of hydrogen-bond donors (Lipinski definition) is 1. The van der Waals surface area contributed by atoms with Crippen molar-refractivity contribution in [2.75, 3.05) is 26.2 Å². The molecular formula is C30H62NO2+. The molecule has 0 rings (SSSR count). The molecule has 0 aromatic rings. The van der Waals surface area contributed by atoms with Crippen LogP contribution in [0.4, 0.5) is 0 Å². The highest BCUT2D eigenvalue weighted by molar-refractivity contribution is 5.66. The first-order valence-electron chi connectivity index (χ1n) is 14.7. The number of hydrogen-bond acceptors (Lipinski definition) is 1. The van der Waals surface area contributed by atoms with E-state index in [1.54, 1.807) is 0 Å². The maximum Gasteiger partial charge on any atom is 0.303 e. The Hall–Kier alpha value is -0.830. The molecule has 0 spiro atoms. The third kappa shape index (κ3) is 25.6. The summed E-state index contributed by atoms with van der Waals surface area (Å²) in [4.78, 5) is 10.3. The second-order valence-electron chi connectivity index (χ2n) is 9.96. The molecule has 0 aliphatic heterocycles. The summed E-state index contributed by atoms with van der Waals surface area (Å²) < 4.78 is 1.38. The van der Waals surface area contributed by atoms with Crippen LogP contribution < -0.4 is 0 Å². The van der Waals surface area contributed by atoms with E-state index in [4.69, 9.17) is 5.11 Å². The molecule has 0 aliphatic rings. The third-order valence-electron chi connectivity index (χ3n) is 6.44. The molecule has 0 bridgehead atoms. The molecule has 0 saturated heterocycles. The molecule has 0 saturated carbocycles. The Labute approximate surface area is 209 Å². The highest BCUT2D eigenvalue weighted by Gasteiger charge is 2.22. The van der Waals surface area contributed by atoms with Crippen molar-refractivity contribution in [2.24, 2.45) is 0 Å². The van der Waals surface area contributed by atoms with Gasteiger partial charge in [-0.05, 0) is 57.8 Å². The lowest BCUT2D eigenvalue weighted by Crippen LogP contribution is -2.50. The summed E-state index contributed by atoms with van der Waals surface area (Å²) in [5, 5.41) is 8.51. The van der Waals surface area contributed by atoms with E-state index in [-0.39, 0.29) is 0 Å². The second kappa shape index (κ2) is 27.4. The van der Waals surface area contributed by atoms with Gasteiger partial charge in [-0.15, -0.1) is 0 Å². The lowest BCUT2D eigenvalue weighted by Gasteiger charge is -2.38. The van der Waals surface area contributed by atoms with E-state index in [0.29, 0.717) is 6.42 Å². The molecule has 0 unspecified atom stereocenters. The van der Waals surface area contributed by atoms with Crippen molar-refractivity contribution in [1.82, 2.24) is 0 Å². The number of quaternary nitrogens is 1. The van der Waals surface area contributed by atoms with E-state index in [9.17, 15) is 4.79 Å². The molecule has 33 heavy (non-hydrogen) atoms. The summed E-state index contributed by atoms with van der Waals surface area (Å²) in [6.45, 7) is 17.1. The zero-order valence-corrected chi connectivity index (χ0v) is 23.5. The quantitative estimate of drug-likeness (QED) is 0.0920. The van der Waals surface area contributed by atoms with Gasteiger partial charge in [0.15, 0.2) is 0 Å². The SMILES string of the molecule is CCCCCCCC/C=C\CCCCCCCC(=O)O.CCC[N+](CCC)(CCC)CCC. The maximum absolute atomic E-state index is 10.3. The third-order valence-corrected chi connectivity index (χ3v) is 6.44. The first kappa shape index (κ1) is 34.3. The van der Waals surface area contributed by atoms with Crippen molar-refractivity contribution in [3.05, 3.63) is 12.2 Å². The lowest BCUT2D eigenvalue weighted by molar-refractivity contribution is -0.928. The van der Waals surface area contributed by atoms with Gasteiger partial charge < -0.3 is 9.59 Å². The van der Waals surface area contributed by atoms with Crippen LogP contribution in [-0.4, -0.2) is 41.7 Å². The highest BCUT2D eigenvalue weighted by atomic mass is 16.4. The molecule has 198 valence electrons. The number of aliphatic carboxylic acids is 1. The van der Waals surface area contributed by atoms with E-state index >= 15 is 0 Å². The molecule has 0 radical (unpaired) electrons. The number of allylic oxidation sites excluding steroid dienone is 2. The fourth-order valence-corrected chi connectivity index (χ4v) is 4.92. The van der Waals surface area contributed by atoms with Crippen molar-refractivity contribution in [3.8, 4) is 0 Å². The molecular weight excluding hydrogens is 406 g/mol.